The minimum atomic E-state index is -0.621. The van der Waals surface area contributed by atoms with Gasteiger partial charge in [-0.3, -0.25) is 9.89 Å². The van der Waals surface area contributed by atoms with Gasteiger partial charge in [-0.2, -0.15) is 5.10 Å². The third kappa shape index (κ3) is 3.43. The van der Waals surface area contributed by atoms with E-state index in [1.165, 1.54) is 18.2 Å². The minimum Gasteiger partial charge on any atom is -0.384 e. The largest absolute Gasteiger partial charge is 0.384 e. The normalized spacial score (nSPS) is 9.70. The number of carbonyl (C=O) groups is 1. The summed E-state index contributed by atoms with van der Waals surface area (Å²) in [5.74, 6) is 3.92. The molecule has 0 radical (unpaired) electrons. The zero-order valence-electron chi connectivity index (χ0n) is 10.5. The highest BCUT2D eigenvalue weighted by atomic mass is 19.1. The second kappa shape index (κ2) is 6.50. The van der Waals surface area contributed by atoms with Crippen LogP contribution in [0.4, 0.5) is 4.39 Å². The monoisotopic (exact) mass is 273 g/mol. The smallest absolute Gasteiger partial charge is 0.254 e. The van der Waals surface area contributed by atoms with Crippen molar-refractivity contribution in [2.45, 2.75) is 6.54 Å². The van der Waals surface area contributed by atoms with E-state index in [2.05, 4.69) is 27.4 Å². The van der Waals surface area contributed by atoms with E-state index in [0.29, 0.717) is 5.56 Å². The number of carbonyl (C=O) groups excluding carboxylic acids is 1. The van der Waals surface area contributed by atoms with Crippen LogP contribution < -0.4 is 5.32 Å². The van der Waals surface area contributed by atoms with Gasteiger partial charge in [0.1, 0.15) is 12.4 Å². The molecule has 0 aliphatic carbocycles. The number of nitrogens with one attached hydrogen (secondary N) is 2. The van der Waals surface area contributed by atoms with Crippen LogP contribution >= 0.6 is 0 Å². The van der Waals surface area contributed by atoms with Crippen LogP contribution in [-0.2, 0) is 6.54 Å². The molecule has 20 heavy (non-hydrogen) atoms. The molecule has 1 heterocycles. The lowest BCUT2D eigenvalue weighted by Crippen LogP contribution is -2.23. The van der Waals surface area contributed by atoms with Crippen LogP contribution in [0, 0.1) is 17.7 Å². The number of aliphatic hydroxyl groups excluding tert-OH is 1. The molecule has 2 aromatic rings. The summed E-state index contributed by atoms with van der Waals surface area (Å²) in [6, 6.07) is 3.97. The number of hydrogen-bond donors (Lipinski definition) is 3. The SMILES string of the molecule is O=C(NCc1cn[nH]c1)c1cc(C#CCO)ccc1F. The molecular formula is C14H12FN3O2. The maximum absolute atomic E-state index is 13.6. The van der Waals surface area contributed by atoms with Crippen molar-refractivity contribution in [3.8, 4) is 11.8 Å². The van der Waals surface area contributed by atoms with E-state index in [9.17, 15) is 9.18 Å². The van der Waals surface area contributed by atoms with Gasteiger partial charge in [0, 0.05) is 23.9 Å². The Hall–Kier alpha value is -2.65. The summed E-state index contributed by atoms with van der Waals surface area (Å²) in [4.78, 5) is 11.9. The molecule has 1 amide bonds. The van der Waals surface area contributed by atoms with Crippen LogP contribution in [0.1, 0.15) is 21.5 Å². The summed E-state index contributed by atoms with van der Waals surface area (Å²) in [7, 11) is 0. The van der Waals surface area contributed by atoms with Gasteiger partial charge < -0.3 is 10.4 Å². The van der Waals surface area contributed by atoms with Gasteiger partial charge in [-0.25, -0.2) is 4.39 Å². The van der Waals surface area contributed by atoms with E-state index in [4.69, 9.17) is 5.11 Å². The Morgan fingerprint density at radius 3 is 3.05 bits per heavy atom. The van der Waals surface area contributed by atoms with Crippen LogP contribution in [0.2, 0.25) is 0 Å². The molecule has 0 spiro atoms. The first-order chi connectivity index (χ1) is 9.70. The molecule has 0 atom stereocenters. The number of aromatic nitrogens is 2. The third-order valence-corrected chi connectivity index (χ3v) is 2.53. The predicted octanol–water partition coefficient (Wildman–Crippen LogP) is 0.823. The van der Waals surface area contributed by atoms with Gasteiger partial charge in [0.05, 0.1) is 11.8 Å². The van der Waals surface area contributed by atoms with Crippen LogP contribution in [-0.4, -0.2) is 27.8 Å². The highest BCUT2D eigenvalue weighted by molar-refractivity contribution is 5.94. The number of amides is 1. The molecule has 0 aliphatic heterocycles. The molecule has 102 valence electrons. The Morgan fingerprint density at radius 1 is 1.50 bits per heavy atom. The van der Waals surface area contributed by atoms with Crippen LogP contribution in [0.25, 0.3) is 0 Å². The molecule has 1 aromatic heterocycles. The van der Waals surface area contributed by atoms with E-state index in [-0.39, 0.29) is 18.7 Å². The Morgan fingerprint density at radius 2 is 2.35 bits per heavy atom. The topological polar surface area (TPSA) is 78.0 Å². The number of aliphatic hydroxyl groups is 1. The van der Waals surface area contributed by atoms with E-state index in [1.54, 1.807) is 12.4 Å². The van der Waals surface area contributed by atoms with E-state index in [1.807, 2.05) is 0 Å². The number of halogens is 1. The van der Waals surface area contributed by atoms with Gasteiger partial charge in [0.25, 0.3) is 5.91 Å². The number of hydrogen-bond acceptors (Lipinski definition) is 3. The number of aromatic amines is 1. The standard InChI is InChI=1S/C14H12FN3O2/c15-13-4-3-10(2-1-5-19)6-12(13)14(20)16-7-11-8-17-18-9-11/h3-4,6,8-9,19H,5,7H2,(H,16,20)(H,17,18). The molecule has 1 aromatic carbocycles. The molecule has 0 saturated heterocycles. The Bertz CT molecular complexity index is 657. The summed E-state index contributed by atoms with van der Waals surface area (Å²) in [5.41, 5.74) is 1.17. The van der Waals surface area contributed by atoms with Gasteiger partial charge in [-0.15, -0.1) is 0 Å². The zero-order chi connectivity index (χ0) is 14.4. The molecule has 5 nitrogen and oxygen atoms in total. The second-order valence-corrected chi connectivity index (χ2v) is 3.94. The average Bonchev–Trinajstić information content (AvgIpc) is 2.97. The van der Waals surface area contributed by atoms with Crippen molar-refractivity contribution in [1.82, 2.24) is 15.5 Å². The Labute approximate surface area is 114 Å². The molecule has 2 rings (SSSR count). The average molecular weight is 273 g/mol. The fraction of sp³-hybridized carbons (Fsp3) is 0.143. The molecule has 0 bridgehead atoms. The maximum atomic E-state index is 13.6. The quantitative estimate of drug-likeness (QED) is 0.725. The molecule has 0 unspecified atom stereocenters. The van der Waals surface area contributed by atoms with E-state index >= 15 is 0 Å². The molecular weight excluding hydrogens is 261 g/mol. The summed E-state index contributed by atoms with van der Waals surface area (Å²) in [5, 5.41) is 17.6. The van der Waals surface area contributed by atoms with Gasteiger partial charge >= 0.3 is 0 Å². The molecule has 0 aliphatic rings. The first-order valence-corrected chi connectivity index (χ1v) is 5.86. The van der Waals surface area contributed by atoms with Crippen LogP contribution in [0.5, 0.6) is 0 Å². The van der Waals surface area contributed by atoms with Crippen molar-refractivity contribution in [2.75, 3.05) is 6.61 Å². The van der Waals surface area contributed by atoms with Crippen LogP contribution in [0.15, 0.2) is 30.6 Å². The van der Waals surface area contributed by atoms with Crippen molar-refractivity contribution in [3.63, 3.8) is 0 Å². The van der Waals surface area contributed by atoms with Crippen molar-refractivity contribution < 1.29 is 14.3 Å². The maximum Gasteiger partial charge on any atom is 0.254 e. The van der Waals surface area contributed by atoms with Crippen molar-refractivity contribution >= 4 is 5.91 Å². The first-order valence-electron chi connectivity index (χ1n) is 5.86. The molecule has 0 saturated carbocycles. The summed E-state index contributed by atoms with van der Waals surface area (Å²) in [6.45, 7) is -0.0410. The second-order valence-electron chi connectivity index (χ2n) is 3.94. The summed E-state index contributed by atoms with van der Waals surface area (Å²) < 4.78 is 13.6. The lowest BCUT2D eigenvalue weighted by atomic mass is 10.1. The zero-order valence-corrected chi connectivity index (χ0v) is 10.5. The summed E-state index contributed by atoms with van der Waals surface area (Å²) in [6.07, 6.45) is 3.21. The van der Waals surface area contributed by atoms with Crippen LogP contribution in [0.3, 0.4) is 0 Å². The number of benzene rings is 1. The fourth-order valence-corrected chi connectivity index (χ4v) is 1.57. The fourth-order valence-electron chi connectivity index (χ4n) is 1.57. The Balaban J connectivity index is 2.12. The molecule has 3 N–H and O–H groups in total. The highest BCUT2D eigenvalue weighted by Gasteiger charge is 2.12. The third-order valence-electron chi connectivity index (χ3n) is 2.53. The Kier molecular flexibility index (Phi) is 4.47. The van der Waals surface area contributed by atoms with Crippen molar-refractivity contribution in [1.29, 1.82) is 0 Å². The van der Waals surface area contributed by atoms with Gasteiger partial charge in [0.15, 0.2) is 0 Å². The minimum absolute atomic E-state index is 0.0850. The number of H-pyrrole nitrogens is 1. The lowest BCUT2D eigenvalue weighted by Gasteiger charge is -2.05. The van der Waals surface area contributed by atoms with Gasteiger partial charge in [0.2, 0.25) is 0 Å². The molecule has 0 fully saturated rings. The van der Waals surface area contributed by atoms with E-state index in [0.717, 1.165) is 5.56 Å². The highest BCUT2D eigenvalue weighted by Crippen LogP contribution is 2.10. The molecule has 6 heteroatoms. The first kappa shape index (κ1) is 13.8. The predicted molar refractivity (Wildman–Crippen MR) is 70.1 cm³/mol. The van der Waals surface area contributed by atoms with E-state index < -0.39 is 11.7 Å². The number of rotatable bonds is 3. The lowest BCUT2D eigenvalue weighted by molar-refractivity contribution is 0.0947. The van der Waals surface area contributed by atoms with Gasteiger partial charge in [-0.05, 0) is 18.2 Å². The van der Waals surface area contributed by atoms with Gasteiger partial charge in [-0.1, -0.05) is 11.8 Å². The summed E-state index contributed by atoms with van der Waals surface area (Å²) >= 11 is 0. The number of nitrogens with zero attached hydrogens (tertiary/aromatic N) is 1. The van der Waals surface area contributed by atoms with Crippen molar-refractivity contribution in [3.05, 3.63) is 53.1 Å². The van der Waals surface area contributed by atoms with Crippen molar-refractivity contribution in [2.24, 2.45) is 0 Å².